The first-order chi connectivity index (χ1) is 7.90. The van der Waals surface area contributed by atoms with Crippen molar-refractivity contribution in [1.29, 1.82) is 0 Å². The highest BCUT2D eigenvalue weighted by molar-refractivity contribution is 5.49. The van der Waals surface area contributed by atoms with Crippen LogP contribution in [0.4, 0.5) is 0 Å². The number of ether oxygens (including phenoxy) is 3. The van der Waals surface area contributed by atoms with Crippen molar-refractivity contribution in [2.45, 2.75) is 13.0 Å². The van der Waals surface area contributed by atoms with Crippen LogP contribution in [0.3, 0.4) is 0 Å². The first-order valence-electron chi connectivity index (χ1n) is 5.38. The zero-order valence-electron chi connectivity index (χ0n) is 9.26. The lowest BCUT2D eigenvalue weighted by atomic mass is 10.3. The highest BCUT2D eigenvalue weighted by Gasteiger charge is 2.14. The van der Waals surface area contributed by atoms with Crippen molar-refractivity contribution in [3.05, 3.63) is 24.3 Å². The van der Waals surface area contributed by atoms with Gasteiger partial charge in [-0.2, -0.15) is 0 Å². The van der Waals surface area contributed by atoms with Crippen LogP contribution in [0.2, 0.25) is 0 Å². The smallest absolute Gasteiger partial charge is 0.170 e. The molecule has 0 amide bonds. The van der Waals surface area contributed by atoms with Crippen LogP contribution in [0.1, 0.15) is 6.92 Å². The Morgan fingerprint density at radius 3 is 2.69 bits per heavy atom. The van der Waals surface area contributed by atoms with Gasteiger partial charge in [0, 0.05) is 0 Å². The van der Waals surface area contributed by atoms with Gasteiger partial charge in [-0.25, -0.2) is 0 Å². The molecule has 0 aromatic heterocycles. The van der Waals surface area contributed by atoms with Crippen molar-refractivity contribution >= 4 is 6.40 Å². The van der Waals surface area contributed by atoms with Crippen molar-refractivity contribution in [3.8, 4) is 11.5 Å². The normalized spacial score (nSPS) is 18.2. The van der Waals surface area contributed by atoms with E-state index in [-0.39, 0.29) is 6.10 Å². The Labute approximate surface area is 94.9 Å². The summed E-state index contributed by atoms with van der Waals surface area (Å²) in [7, 11) is 0. The molecule has 1 aliphatic heterocycles. The minimum Gasteiger partial charge on any atom is -0.490 e. The van der Waals surface area contributed by atoms with Gasteiger partial charge in [0.15, 0.2) is 24.0 Å². The third-order valence-corrected chi connectivity index (χ3v) is 2.21. The molecular weight excluding hydrogens is 206 g/mol. The van der Waals surface area contributed by atoms with Gasteiger partial charge in [0.2, 0.25) is 0 Å². The van der Waals surface area contributed by atoms with E-state index < -0.39 is 0 Å². The predicted molar refractivity (Wildman–Crippen MR) is 61.3 cm³/mol. The van der Waals surface area contributed by atoms with Crippen molar-refractivity contribution in [2.24, 2.45) is 4.99 Å². The van der Waals surface area contributed by atoms with Gasteiger partial charge >= 0.3 is 0 Å². The summed E-state index contributed by atoms with van der Waals surface area (Å²) in [6, 6.07) is 7.63. The maximum absolute atomic E-state index is 5.64. The molecule has 2 rings (SSSR count). The lowest BCUT2D eigenvalue weighted by Crippen LogP contribution is -2.20. The minimum absolute atomic E-state index is 0.0229. The molecule has 0 fully saturated rings. The highest BCUT2D eigenvalue weighted by Crippen LogP contribution is 2.26. The van der Waals surface area contributed by atoms with Gasteiger partial charge in [0.05, 0.1) is 13.2 Å². The second kappa shape index (κ2) is 5.39. The number of aliphatic imine (C=N–C) groups is 1. The molecule has 1 aliphatic rings. The Bertz CT molecular complexity index is 357. The third kappa shape index (κ3) is 2.66. The molecule has 0 radical (unpaired) electrons. The topological polar surface area (TPSA) is 40.0 Å². The molecule has 0 spiro atoms. The van der Waals surface area contributed by atoms with Gasteiger partial charge in [-0.05, 0) is 19.1 Å². The predicted octanol–water partition coefficient (Wildman–Crippen LogP) is 1.89. The second-order valence-corrected chi connectivity index (χ2v) is 3.42. The van der Waals surface area contributed by atoms with Crippen LogP contribution in [0.25, 0.3) is 0 Å². The largest absolute Gasteiger partial charge is 0.490 e. The standard InChI is InChI=1S/C12H15NO3/c1-2-14-11-5-3-4-6-12(11)15-8-10-7-13-9-16-10/h3-6,9-10H,2,7-8H2,1H3. The van der Waals surface area contributed by atoms with Gasteiger partial charge in [-0.1, -0.05) is 12.1 Å². The lowest BCUT2D eigenvalue weighted by molar-refractivity contribution is 0.145. The maximum Gasteiger partial charge on any atom is 0.170 e. The molecule has 1 unspecified atom stereocenters. The van der Waals surface area contributed by atoms with E-state index in [2.05, 4.69) is 4.99 Å². The molecule has 4 nitrogen and oxygen atoms in total. The molecule has 0 N–H and O–H groups in total. The highest BCUT2D eigenvalue weighted by atomic mass is 16.5. The summed E-state index contributed by atoms with van der Waals surface area (Å²) in [5.41, 5.74) is 0. The van der Waals surface area contributed by atoms with Crippen LogP contribution in [-0.2, 0) is 4.74 Å². The van der Waals surface area contributed by atoms with E-state index in [9.17, 15) is 0 Å². The third-order valence-electron chi connectivity index (χ3n) is 2.21. The SMILES string of the molecule is CCOc1ccccc1OCC1CN=CO1. The summed E-state index contributed by atoms with van der Waals surface area (Å²) in [5.74, 6) is 1.52. The molecule has 0 aliphatic carbocycles. The van der Waals surface area contributed by atoms with Gasteiger partial charge in [0.25, 0.3) is 0 Å². The van der Waals surface area contributed by atoms with Crippen LogP contribution in [0.15, 0.2) is 29.3 Å². The zero-order chi connectivity index (χ0) is 11.2. The van der Waals surface area contributed by atoms with E-state index in [0.717, 1.165) is 11.5 Å². The fourth-order valence-electron chi connectivity index (χ4n) is 1.45. The van der Waals surface area contributed by atoms with Gasteiger partial charge in [-0.3, -0.25) is 4.99 Å². The summed E-state index contributed by atoms with van der Waals surface area (Å²) >= 11 is 0. The summed E-state index contributed by atoms with van der Waals surface area (Å²) < 4.78 is 16.3. The Morgan fingerprint density at radius 2 is 2.06 bits per heavy atom. The number of hydrogen-bond donors (Lipinski definition) is 0. The van der Waals surface area contributed by atoms with E-state index >= 15 is 0 Å². The maximum atomic E-state index is 5.64. The second-order valence-electron chi connectivity index (χ2n) is 3.42. The summed E-state index contributed by atoms with van der Waals surface area (Å²) in [4.78, 5) is 3.98. The van der Waals surface area contributed by atoms with Crippen LogP contribution in [-0.4, -0.2) is 32.3 Å². The van der Waals surface area contributed by atoms with Gasteiger partial charge in [0.1, 0.15) is 6.61 Å². The molecule has 0 bridgehead atoms. The number of benzene rings is 1. The summed E-state index contributed by atoms with van der Waals surface area (Å²) in [6.07, 6.45) is 1.50. The lowest BCUT2D eigenvalue weighted by Gasteiger charge is -2.13. The molecule has 1 atom stereocenters. The fourth-order valence-corrected chi connectivity index (χ4v) is 1.45. The summed E-state index contributed by atoms with van der Waals surface area (Å²) in [5, 5.41) is 0. The van der Waals surface area contributed by atoms with E-state index in [1.165, 1.54) is 6.40 Å². The molecule has 0 saturated heterocycles. The fraction of sp³-hybridized carbons (Fsp3) is 0.417. The van der Waals surface area contributed by atoms with Crippen LogP contribution >= 0.6 is 0 Å². The van der Waals surface area contributed by atoms with Crippen LogP contribution in [0, 0.1) is 0 Å². The Morgan fingerprint density at radius 1 is 1.31 bits per heavy atom. The van der Waals surface area contributed by atoms with E-state index in [1.54, 1.807) is 0 Å². The Kier molecular flexibility index (Phi) is 3.64. The Hall–Kier alpha value is -1.71. The molecular formula is C12H15NO3. The minimum atomic E-state index is 0.0229. The average molecular weight is 221 g/mol. The molecule has 4 heteroatoms. The molecule has 1 aromatic carbocycles. The van der Waals surface area contributed by atoms with E-state index in [4.69, 9.17) is 14.2 Å². The van der Waals surface area contributed by atoms with Crippen LogP contribution < -0.4 is 9.47 Å². The zero-order valence-corrected chi connectivity index (χ0v) is 9.26. The quantitative estimate of drug-likeness (QED) is 0.762. The number of rotatable bonds is 5. The van der Waals surface area contributed by atoms with Crippen molar-refractivity contribution in [1.82, 2.24) is 0 Å². The summed E-state index contributed by atoms with van der Waals surface area (Å²) in [6.45, 7) is 3.73. The van der Waals surface area contributed by atoms with Crippen molar-refractivity contribution < 1.29 is 14.2 Å². The Balaban J connectivity index is 1.92. The number of nitrogens with zero attached hydrogens (tertiary/aromatic N) is 1. The van der Waals surface area contributed by atoms with E-state index in [1.807, 2.05) is 31.2 Å². The van der Waals surface area contributed by atoms with Gasteiger partial charge < -0.3 is 14.2 Å². The molecule has 1 aromatic rings. The molecule has 86 valence electrons. The first-order valence-corrected chi connectivity index (χ1v) is 5.38. The molecule has 16 heavy (non-hydrogen) atoms. The number of hydrogen-bond acceptors (Lipinski definition) is 4. The first kappa shape index (κ1) is 10.8. The molecule has 0 saturated carbocycles. The van der Waals surface area contributed by atoms with Crippen LogP contribution in [0.5, 0.6) is 11.5 Å². The monoisotopic (exact) mass is 221 g/mol. The van der Waals surface area contributed by atoms with E-state index in [0.29, 0.717) is 19.8 Å². The average Bonchev–Trinajstić information content (AvgIpc) is 2.81. The molecule has 1 heterocycles. The van der Waals surface area contributed by atoms with Crippen molar-refractivity contribution in [3.63, 3.8) is 0 Å². The van der Waals surface area contributed by atoms with Gasteiger partial charge in [-0.15, -0.1) is 0 Å². The van der Waals surface area contributed by atoms with Crippen molar-refractivity contribution in [2.75, 3.05) is 19.8 Å². The number of para-hydroxylation sites is 2.